The summed E-state index contributed by atoms with van der Waals surface area (Å²) in [5.74, 6) is 2.23. The highest BCUT2D eigenvalue weighted by molar-refractivity contribution is 5.84. The molecule has 1 unspecified atom stereocenters. The predicted octanol–water partition coefficient (Wildman–Crippen LogP) is 2.44. The van der Waals surface area contributed by atoms with Gasteiger partial charge in [0.05, 0.1) is 24.0 Å². The molecular formula is C21H22FN3O. The van der Waals surface area contributed by atoms with Crippen LogP contribution in [0.15, 0.2) is 48.5 Å². The summed E-state index contributed by atoms with van der Waals surface area (Å²) >= 11 is 0. The van der Waals surface area contributed by atoms with Crippen LogP contribution in [0, 0.1) is 18.2 Å². The molecule has 0 radical (unpaired) electrons. The standard InChI is InChI=1S/C21H22FN3O/c1-3-18(13-16-7-5-4-6-8-16)23-21(26)15-25-12-11-24(2)20-14-17(22)9-10-19(20)25/h1,4-10,14,18H,11-13,15H2,2H3,(H,23,26). The van der Waals surface area contributed by atoms with Crippen LogP contribution in [-0.4, -0.2) is 38.6 Å². The average Bonchev–Trinajstić information content (AvgIpc) is 2.64. The van der Waals surface area contributed by atoms with Crippen molar-refractivity contribution >= 4 is 17.3 Å². The second kappa shape index (κ2) is 7.92. The van der Waals surface area contributed by atoms with E-state index in [2.05, 4.69) is 11.2 Å². The number of nitrogens with zero attached hydrogens (tertiary/aromatic N) is 2. The molecule has 1 heterocycles. The van der Waals surface area contributed by atoms with Crippen LogP contribution < -0.4 is 15.1 Å². The van der Waals surface area contributed by atoms with Gasteiger partial charge in [-0.15, -0.1) is 6.42 Å². The van der Waals surface area contributed by atoms with Gasteiger partial charge in [-0.2, -0.15) is 0 Å². The van der Waals surface area contributed by atoms with E-state index in [0.717, 1.165) is 23.5 Å². The summed E-state index contributed by atoms with van der Waals surface area (Å²) in [5, 5.41) is 2.91. The number of hydrogen-bond acceptors (Lipinski definition) is 3. The third kappa shape index (κ3) is 4.15. The Bertz CT molecular complexity index is 816. The first kappa shape index (κ1) is 17.8. The number of anilines is 2. The van der Waals surface area contributed by atoms with Gasteiger partial charge in [0.25, 0.3) is 0 Å². The Kier molecular flexibility index (Phi) is 5.43. The minimum absolute atomic E-state index is 0.135. The van der Waals surface area contributed by atoms with E-state index < -0.39 is 0 Å². The van der Waals surface area contributed by atoms with Gasteiger partial charge in [-0.05, 0) is 23.8 Å². The number of carbonyl (C=O) groups excluding carboxylic acids is 1. The first-order valence-electron chi connectivity index (χ1n) is 8.62. The highest BCUT2D eigenvalue weighted by Gasteiger charge is 2.23. The largest absolute Gasteiger partial charge is 0.371 e. The number of fused-ring (bicyclic) bond motifs is 1. The Morgan fingerprint density at radius 3 is 2.73 bits per heavy atom. The number of likely N-dealkylation sites (N-methyl/N-ethyl adjacent to an activating group) is 1. The van der Waals surface area contributed by atoms with Gasteiger partial charge in [-0.25, -0.2) is 4.39 Å². The summed E-state index contributed by atoms with van der Waals surface area (Å²) in [7, 11) is 1.92. The van der Waals surface area contributed by atoms with Crippen molar-refractivity contribution in [1.82, 2.24) is 5.32 Å². The van der Waals surface area contributed by atoms with Gasteiger partial charge >= 0.3 is 0 Å². The minimum atomic E-state index is -0.356. The zero-order valence-corrected chi connectivity index (χ0v) is 14.8. The van der Waals surface area contributed by atoms with E-state index in [1.807, 2.05) is 47.2 Å². The first-order valence-corrected chi connectivity index (χ1v) is 8.62. The van der Waals surface area contributed by atoms with Gasteiger partial charge in [0.1, 0.15) is 5.82 Å². The van der Waals surface area contributed by atoms with Gasteiger partial charge in [-0.3, -0.25) is 4.79 Å². The molecule has 0 aliphatic carbocycles. The molecule has 0 fully saturated rings. The Labute approximate surface area is 153 Å². The SMILES string of the molecule is C#CC(Cc1ccccc1)NC(=O)CN1CCN(C)c2cc(F)ccc21. The van der Waals surface area contributed by atoms with Crippen molar-refractivity contribution in [2.45, 2.75) is 12.5 Å². The Hall–Kier alpha value is -3.00. The van der Waals surface area contributed by atoms with E-state index in [1.165, 1.54) is 12.1 Å². The van der Waals surface area contributed by atoms with Gasteiger partial charge in [0.15, 0.2) is 0 Å². The Balaban J connectivity index is 1.65. The lowest BCUT2D eigenvalue weighted by atomic mass is 10.1. The average molecular weight is 351 g/mol. The molecule has 1 N–H and O–H groups in total. The van der Waals surface area contributed by atoms with Crippen LogP contribution in [-0.2, 0) is 11.2 Å². The maximum absolute atomic E-state index is 13.5. The molecular weight excluding hydrogens is 329 g/mol. The number of rotatable bonds is 5. The summed E-state index contributed by atoms with van der Waals surface area (Å²) in [6.07, 6.45) is 6.18. The number of amides is 1. The molecule has 3 rings (SSSR count). The fourth-order valence-corrected chi connectivity index (χ4v) is 3.16. The van der Waals surface area contributed by atoms with E-state index in [-0.39, 0.29) is 24.3 Å². The predicted molar refractivity (Wildman–Crippen MR) is 103 cm³/mol. The molecule has 134 valence electrons. The van der Waals surface area contributed by atoms with Crippen molar-refractivity contribution in [3.8, 4) is 12.3 Å². The van der Waals surface area contributed by atoms with Gasteiger partial charge in [0.2, 0.25) is 5.91 Å². The summed E-state index contributed by atoms with van der Waals surface area (Å²) in [5.41, 5.74) is 2.73. The van der Waals surface area contributed by atoms with Crippen LogP contribution in [0.3, 0.4) is 0 Å². The summed E-state index contributed by atoms with van der Waals surface area (Å²) in [6, 6.07) is 14.1. The van der Waals surface area contributed by atoms with Crippen LogP contribution in [0.5, 0.6) is 0 Å². The van der Waals surface area contributed by atoms with Crippen LogP contribution >= 0.6 is 0 Å². The topological polar surface area (TPSA) is 35.6 Å². The molecule has 2 aromatic rings. The van der Waals surface area contributed by atoms with E-state index in [0.29, 0.717) is 13.0 Å². The lowest BCUT2D eigenvalue weighted by Gasteiger charge is -2.36. The summed E-state index contributed by atoms with van der Waals surface area (Å²) < 4.78 is 13.5. The van der Waals surface area contributed by atoms with E-state index in [1.54, 1.807) is 6.07 Å². The first-order chi connectivity index (χ1) is 12.6. The molecule has 0 spiro atoms. The van der Waals surface area contributed by atoms with Crippen molar-refractivity contribution < 1.29 is 9.18 Å². The molecule has 1 amide bonds. The maximum atomic E-state index is 13.5. The van der Waals surface area contributed by atoms with Crippen molar-refractivity contribution in [2.75, 3.05) is 36.5 Å². The quantitative estimate of drug-likeness (QED) is 0.841. The van der Waals surface area contributed by atoms with Gasteiger partial charge < -0.3 is 15.1 Å². The van der Waals surface area contributed by atoms with Crippen molar-refractivity contribution in [3.05, 3.63) is 59.9 Å². The molecule has 5 heteroatoms. The number of halogens is 1. The monoisotopic (exact) mass is 351 g/mol. The van der Waals surface area contributed by atoms with E-state index in [9.17, 15) is 9.18 Å². The number of hydrogen-bond donors (Lipinski definition) is 1. The number of terminal acetylenes is 1. The third-order valence-corrected chi connectivity index (χ3v) is 4.55. The minimum Gasteiger partial charge on any atom is -0.371 e. The number of carbonyl (C=O) groups is 1. The van der Waals surface area contributed by atoms with Crippen molar-refractivity contribution in [1.29, 1.82) is 0 Å². The number of nitrogens with one attached hydrogen (secondary N) is 1. The fourth-order valence-electron chi connectivity index (χ4n) is 3.16. The molecule has 0 saturated heterocycles. The normalized spacial score (nSPS) is 14.3. The van der Waals surface area contributed by atoms with Gasteiger partial charge in [-0.1, -0.05) is 36.3 Å². The third-order valence-electron chi connectivity index (χ3n) is 4.55. The molecule has 2 aromatic carbocycles. The lowest BCUT2D eigenvalue weighted by molar-refractivity contribution is -0.120. The Morgan fingerprint density at radius 1 is 1.23 bits per heavy atom. The highest BCUT2D eigenvalue weighted by Crippen LogP contribution is 2.32. The van der Waals surface area contributed by atoms with Crippen LogP contribution in [0.4, 0.5) is 15.8 Å². The van der Waals surface area contributed by atoms with E-state index in [4.69, 9.17) is 6.42 Å². The molecule has 0 saturated carbocycles. The van der Waals surface area contributed by atoms with Crippen LogP contribution in [0.2, 0.25) is 0 Å². The molecule has 0 bridgehead atoms. The van der Waals surface area contributed by atoms with Crippen LogP contribution in [0.1, 0.15) is 5.56 Å². The zero-order chi connectivity index (χ0) is 18.5. The maximum Gasteiger partial charge on any atom is 0.240 e. The molecule has 1 aliphatic heterocycles. The smallest absolute Gasteiger partial charge is 0.240 e. The molecule has 26 heavy (non-hydrogen) atoms. The zero-order valence-electron chi connectivity index (χ0n) is 14.8. The second-order valence-corrected chi connectivity index (χ2v) is 6.45. The van der Waals surface area contributed by atoms with Crippen molar-refractivity contribution in [3.63, 3.8) is 0 Å². The van der Waals surface area contributed by atoms with Gasteiger partial charge in [0, 0.05) is 26.6 Å². The molecule has 1 atom stereocenters. The van der Waals surface area contributed by atoms with Crippen molar-refractivity contribution in [2.24, 2.45) is 0 Å². The molecule has 4 nitrogen and oxygen atoms in total. The summed E-state index contributed by atoms with van der Waals surface area (Å²) in [6.45, 7) is 1.62. The lowest BCUT2D eigenvalue weighted by Crippen LogP contribution is -2.46. The number of benzene rings is 2. The van der Waals surface area contributed by atoms with Crippen LogP contribution in [0.25, 0.3) is 0 Å². The Morgan fingerprint density at radius 2 is 2.00 bits per heavy atom. The second-order valence-electron chi connectivity index (χ2n) is 6.45. The molecule has 0 aromatic heterocycles. The van der Waals surface area contributed by atoms with E-state index >= 15 is 0 Å². The highest BCUT2D eigenvalue weighted by atomic mass is 19.1. The summed E-state index contributed by atoms with van der Waals surface area (Å²) in [4.78, 5) is 16.4. The molecule has 1 aliphatic rings. The fraction of sp³-hybridized carbons (Fsp3) is 0.286.